The number of esters is 2. The van der Waals surface area contributed by atoms with E-state index in [1.54, 1.807) is 0 Å². The number of nitrogens with one attached hydrogen (secondary N) is 1. The number of hydrogen-bond donors (Lipinski definition) is 2. The van der Waals surface area contributed by atoms with Crippen molar-refractivity contribution in [2.24, 2.45) is 0 Å². The number of rotatable bonds is 6. The van der Waals surface area contributed by atoms with Crippen LogP contribution in [0.5, 0.6) is 11.5 Å². The highest BCUT2D eigenvalue weighted by Gasteiger charge is 2.19. The molecule has 0 saturated heterocycles. The number of sulfonamides is 1. The van der Waals surface area contributed by atoms with Gasteiger partial charge in [0.1, 0.15) is 22.9 Å². The van der Waals surface area contributed by atoms with Gasteiger partial charge in [-0.2, -0.15) is 4.72 Å². The van der Waals surface area contributed by atoms with E-state index in [1.165, 1.54) is 24.3 Å². The Morgan fingerprint density at radius 3 is 2.52 bits per heavy atom. The first-order chi connectivity index (χ1) is 11.8. The number of aromatic hydroxyl groups is 1. The van der Waals surface area contributed by atoms with Crippen LogP contribution in [0.1, 0.15) is 10.4 Å². The van der Waals surface area contributed by atoms with Crippen LogP contribution in [0.3, 0.4) is 0 Å². The molecule has 2 rings (SSSR count). The largest absolute Gasteiger partial charge is 0.508 e. The van der Waals surface area contributed by atoms with Gasteiger partial charge in [0.2, 0.25) is 10.0 Å². The minimum atomic E-state index is -4.08. The summed E-state index contributed by atoms with van der Waals surface area (Å²) >= 11 is 0. The lowest BCUT2D eigenvalue weighted by Gasteiger charge is -2.08. The van der Waals surface area contributed by atoms with Crippen molar-refractivity contribution in [3.8, 4) is 11.5 Å². The van der Waals surface area contributed by atoms with E-state index >= 15 is 0 Å². The van der Waals surface area contributed by atoms with E-state index in [-0.39, 0.29) is 22.0 Å². The summed E-state index contributed by atoms with van der Waals surface area (Å²) in [4.78, 5) is 26.5. The van der Waals surface area contributed by atoms with Crippen molar-refractivity contribution in [2.45, 2.75) is 4.90 Å². The maximum Gasteiger partial charge on any atom is 0.339 e. The lowest BCUT2D eigenvalue weighted by molar-refractivity contribution is -0.133. The number of methoxy groups -OCH3 is 1. The highest BCUT2D eigenvalue weighted by Crippen LogP contribution is 2.16. The van der Waals surface area contributed by atoms with E-state index in [4.69, 9.17) is 9.84 Å². The molecule has 2 aromatic rings. The Balaban J connectivity index is 2.02. The van der Waals surface area contributed by atoms with Gasteiger partial charge < -0.3 is 14.6 Å². The highest BCUT2D eigenvalue weighted by molar-refractivity contribution is 7.89. The maximum atomic E-state index is 12.2. The molecule has 0 bridgehead atoms. The van der Waals surface area contributed by atoms with Crippen LogP contribution in [-0.4, -0.2) is 44.1 Å². The van der Waals surface area contributed by atoms with Gasteiger partial charge in [0.05, 0.1) is 12.7 Å². The Morgan fingerprint density at radius 2 is 1.88 bits per heavy atom. The topological polar surface area (TPSA) is 132 Å². The van der Waals surface area contributed by atoms with E-state index < -0.39 is 28.5 Å². The van der Waals surface area contributed by atoms with Crippen molar-refractivity contribution in [1.82, 2.24) is 9.71 Å². The van der Waals surface area contributed by atoms with Gasteiger partial charge >= 0.3 is 11.9 Å². The Labute approximate surface area is 143 Å². The minimum absolute atomic E-state index is 0.00140. The van der Waals surface area contributed by atoms with Crippen LogP contribution in [0, 0.1) is 0 Å². The quantitative estimate of drug-likeness (QED) is 0.557. The van der Waals surface area contributed by atoms with Crippen molar-refractivity contribution >= 4 is 22.0 Å². The molecule has 25 heavy (non-hydrogen) atoms. The molecule has 9 nitrogen and oxygen atoms in total. The summed E-state index contributed by atoms with van der Waals surface area (Å²) in [5.74, 6) is -1.45. The third-order valence-electron chi connectivity index (χ3n) is 2.92. The van der Waals surface area contributed by atoms with E-state index in [0.29, 0.717) is 0 Å². The molecule has 0 saturated carbocycles. The van der Waals surface area contributed by atoms with Gasteiger partial charge in [-0.1, -0.05) is 0 Å². The zero-order chi connectivity index (χ0) is 18.4. The summed E-state index contributed by atoms with van der Waals surface area (Å²) in [5.41, 5.74) is -0.0444. The number of phenolic OH excluding ortho intramolecular Hbond substituents is 1. The van der Waals surface area contributed by atoms with Crippen LogP contribution in [0.2, 0.25) is 0 Å². The fourth-order valence-corrected chi connectivity index (χ4v) is 2.67. The number of hydrogen-bond acceptors (Lipinski definition) is 8. The number of ether oxygens (including phenoxy) is 2. The Bertz CT molecular complexity index is 879. The third-order valence-corrected chi connectivity index (χ3v) is 4.29. The van der Waals surface area contributed by atoms with Gasteiger partial charge in [0.25, 0.3) is 0 Å². The highest BCUT2D eigenvalue weighted by atomic mass is 32.2. The molecule has 0 amide bonds. The first-order valence-corrected chi connectivity index (χ1v) is 8.33. The second-order valence-electron chi connectivity index (χ2n) is 4.69. The molecule has 2 N–H and O–H groups in total. The van der Waals surface area contributed by atoms with Crippen LogP contribution >= 0.6 is 0 Å². The molecule has 0 spiro atoms. The maximum absolute atomic E-state index is 12.2. The molecule has 0 aliphatic carbocycles. The van der Waals surface area contributed by atoms with Gasteiger partial charge in [-0.25, -0.2) is 13.2 Å². The van der Waals surface area contributed by atoms with Crippen LogP contribution in [0.4, 0.5) is 0 Å². The Hall–Kier alpha value is -2.98. The number of carbonyl (C=O) groups is 2. The second kappa shape index (κ2) is 7.73. The van der Waals surface area contributed by atoms with E-state index in [0.717, 1.165) is 25.6 Å². The van der Waals surface area contributed by atoms with E-state index in [1.807, 2.05) is 4.72 Å². The molecule has 1 aromatic carbocycles. The summed E-state index contributed by atoms with van der Waals surface area (Å²) in [6, 6.07) is 6.41. The number of benzene rings is 1. The van der Waals surface area contributed by atoms with Crippen LogP contribution in [0.15, 0.2) is 47.6 Å². The lowest BCUT2D eigenvalue weighted by Crippen LogP contribution is -2.32. The number of aromatic nitrogens is 1. The molecule has 10 heteroatoms. The number of nitrogens with zero attached hydrogens (tertiary/aromatic N) is 1. The summed E-state index contributed by atoms with van der Waals surface area (Å²) in [5, 5.41) is 9.14. The normalized spacial score (nSPS) is 10.9. The van der Waals surface area contributed by atoms with E-state index in [9.17, 15) is 18.0 Å². The third kappa shape index (κ3) is 4.99. The summed E-state index contributed by atoms with van der Waals surface area (Å²) < 4.78 is 35.8. The zero-order valence-corrected chi connectivity index (χ0v) is 13.8. The molecule has 0 fully saturated rings. The van der Waals surface area contributed by atoms with Gasteiger partial charge in [0, 0.05) is 12.4 Å². The first kappa shape index (κ1) is 18.4. The molecule has 0 aliphatic heterocycles. The smallest absolute Gasteiger partial charge is 0.339 e. The van der Waals surface area contributed by atoms with Crippen molar-refractivity contribution in [3.63, 3.8) is 0 Å². The van der Waals surface area contributed by atoms with Gasteiger partial charge in [-0.3, -0.25) is 9.78 Å². The predicted molar refractivity (Wildman–Crippen MR) is 84.5 cm³/mol. The molecule has 132 valence electrons. The molecule has 0 aliphatic rings. The molecule has 1 heterocycles. The first-order valence-electron chi connectivity index (χ1n) is 6.84. The van der Waals surface area contributed by atoms with Gasteiger partial charge in [0.15, 0.2) is 0 Å². The fourth-order valence-electron chi connectivity index (χ4n) is 1.71. The van der Waals surface area contributed by atoms with Crippen molar-refractivity contribution < 1.29 is 32.6 Å². The number of phenols is 1. The minimum Gasteiger partial charge on any atom is -0.508 e. The second-order valence-corrected chi connectivity index (χ2v) is 6.46. The van der Waals surface area contributed by atoms with Gasteiger partial charge in [-0.15, -0.1) is 0 Å². The summed E-state index contributed by atoms with van der Waals surface area (Å²) in [6.45, 7) is -0.633. The van der Waals surface area contributed by atoms with Crippen molar-refractivity contribution in [2.75, 3.05) is 13.7 Å². The Morgan fingerprint density at radius 1 is 1.20 bits per heavy atom. The Kier molecular flexibility index (Phi) is 5.67. The van der Waals surface area contributed by atoms with Crippen LogP contribution in [-0.2, 0) is 19.6 Å². The molecule has 0 radical (unpaired) electrons. The molecule has 0 atom stereocenters. The molecular formula is C15H14N2O7S. The average molecular weight is 366 g/mol. The molecule has 0 unspecified atom stereocenters. The van der Waals surface area contributed by atoms with E-state index in [2.05, 4.69) is 9.72 Å². The SMILES string of the molecule is COC(=O)c1cncc(S(=O)(=O)NCC(=O)Oc2ccc(O)cc2)c1. The monoisotopic (exact) mass is 366 g/mol. The van der Waals surface area contributed by atoms with Crippen molar-refractivity contribution in [3.05, 3.63) is 48.3 Å². The predicted octanol–water partition coefficient (Wildman–Crippen LogP) is 0.458. The van der Waals surface area contributed by atoms with Crippen LogP contribution in [0.25, 0.3) is 0 Å². The van der Waals surface area contributed by atoms with Crippen molar-refractivity contribution in [1.29, 1.82) is 0 Å². The number of carbonyl (C=O) groups excluding carboxylic acids is 2. The summed E-state index contributed by atoms with van der Waals surface area (Å²) in [7, 11) is -2.93. The molecular weight excluding hydrogens is 352 g/mol. The number of pyridine rings is 1. The molecule has 1 aromatic heterocycles. The average Bonchev–Trinajstić information content (AvgIpc) is 2.61. The fraction of sp³-hybridized carbons (Fsp3) is 0.133. The lowest BCUT2D eigenvalue weighted by atomic mass is 10.3. The standard InChI is InChI=1S/C15H14N2O7S/c1-23-15(20)10-6-13(8-16-7-10)25(21,22)17-9-14(19)24-12-4-2-11(18)3-5-12/h2-8,17-18H,9H2,1H3. The summed E-state index contributed by atoms with van der Waals surface area (Å²) in [6.07, 6.45) is 2.18. The van der Waals surface area contributed by atoms with Crippen LogP contribution < -0.4 is 9.46 Å². The zero-order valence-electron chi connectivity index (χ0n) is 13.0. The van der Waals surface area contributed by atoms with Gasteiger partial charge in [-0.05, 0) is 30.3 Å².